The van der Waals surface area contributed by atoms with Gasteiger partial charge in [-0.15, -0.1) is 0 Å². The van der Waals surface area contributed by atoms with Crippen molar-refractivity contribution in [2.24, 2.45) is 5.41 Å². The molecule has 2 rings (SSSR count). The Hall–Kier alpha value is -1.43. The molecule has 2 heterocycles. The normalized spacial score (nSPS) is 31.1. The monoisotopic (exact) mass is 281 g/mol. The van der Waals surface area contributed by atoms with E-state index in [-0.39, 0.29) is 18.4 Å². The fourth-order valence-corrected chi connectivity index (χ4v) is 3.22. The molecule has 6 heteroatoms. The van der Waals surface area contributed by atoms with Crippen molar-refractivity contribution >= 4 is 17.7 Å². The summed E-state index contributed by atoms with van der Waals surface area (Å²) in [5.74, 6) is -0.830. The van der Waals surface area contributed by atoms with Crippen LogP contribution in [-0.2, 0) is 14.4 Å². The number of rotatable bonds is 3. The van der Waals surface area contributed by atoms with Crippen LogP contribution in [0.4, 0.5) is 0 Å². The van der Waals surface area contributed by atoms with Gasteiger partial charge in [-0.3, -0.25) is 19.7 Å². The van der Waals surface area contributed by atoms with Gasteiger partial charge in [0.1, 0.15) is 12.6 Å². The third kappa shape index (κ3) is 2.70. The van der Waals surface area contributed by atoms with Crippen molar-refractivity contribution in [1.29, 1.82) is 0 Å². The molecule has 0 spiro atoms. The van der Waals surface area contributed by atoms with Crippen LogP contribution in [0, 0.1) is 5.41 Å². The minimum atomic E-state index is -0.573. The molecule has 2 N–H and O–H groups in total. The SMILES string of the molecule is CCCC1(C(=O)N2CC(=O)NC(=O)C2C)CCCNC1. The Morgan fingerprint density at radius 3 is 2.80 bits per heavy atom. The first kappa shape index (κ1) is 15.0. The number of carbonyl (C=O) groups excluding carboxylic acids is 3. The highest BCUT2D eigenvalue weighted by Gasteiger charge is 2.45. The van der Waals surface area contributed by atoms with Crippen molar-refractivity contribution in [3.63, 3.8) is 0 Å². The minimum Gasteiger partial charge on any atom is -0.321 e. The molecule has 112 valence electrons. The summed E-state index contributed by atoms with van der Waals surface area (Å²) < 4.78 is 0. The number of amides is 3. The molecule has 0 aromatic heterocycles. The van der Waals surface area contributed by atoms with E-state index in [4.69, 9.17) is 0 Å². The van der Waals surface area contributed by atoms with E-state index in [0.717, 1.165) is 32.2 Å². The molecule has 2 aliphatic rings. The first-order valence-corrected chi connectivity index (χ1v) is 7.35. The predicted molar refractivity (Wildman–Crippen MR) is 73.8 cm³/mol. The van der Waals surface area contributed by atoms with E-state index in [1.54, 1.807) is 6.92 Å². The molecule has 0 radical (unpaired) electrons. The molecule has 2 atom stereocenters. The molecule has 0 aromatic rings. The van der Waals surface area contributed by atoms with E-state index in [9.17, 15) is 14.4 Å². The van der Waals surface area contributed by atoms with Crippen LogP contribution in [0.2, 0.25) is 0 Å². The summed E-state index contributed by atoms with van der Waals surface area (Å²) in [7, 11) is 0. The minimum absolute atomic E-state index is 0.0167. The average Bonchev–Trinajstić information content (AvgIpc) is 2.43. The summed E-state index contributed by atoms with van der Waals surface area (Å²) in [6, 6.07) is -0.573. The highest BCUT2D eigenvalue weighted by atomic mass is 16.2. The predicted octanol–water partition coefficient (Wildman–Crippen LogP) is 0.0298. The summed E-state index contributed by atoms with van der Waals surface area (Å²) in [5.41, 5.74) is -0.459. The molecular weight excluding hydrogens is 258 g/mol. The van der Waals surface area contributed by atoms with Crippen molar-refractivity contribution in [2.45, 2.75) is 45.6 Å². The van der Waals surface area contributed by atoms with E-state index in [0.29, 0.717) is 6.54 Å². The van der Waals surface area contributed by atoms with E-state index >= 15 is 0 Å². The summed E-state index contributed by atoms with van der Waals surface area (Å²) in [6.07, 6.45) is 3.48. The maximum atomic E-state index is 12.9. The van der Waals surface area contributed by atoms with Gasteiger partial charge in [0, 0.05) is 6.54 Å². The number of piperidine rings is 1. The van der Waals surface area contributed by atoms with Crippen LogP contribution in [0.15, 0.2) is 0 Å². The average molecular weight is 281 g/mol. The topological polar surface area (TPSA) is 78.5 Å². The second-order valence-electron chi connectivity index (χ2n) is 5.83. The number of nitrogens with one attached hydrogen (secondary N) is 2. The maximum Gasteiger partial charge on any atom is 0.249 e. The van der Waals surface area contributed by atoms with Crippen LogP contribution in [0.3, 0.4) is 0 Å². The van der Waals surface area contributed by atoms with E-state index in [2.05, 4.69) is 17.6 Å². The number of piperazine rings is 1. The first-order valence-electron chi connectivity index (χ1n) is 7.35. The Balaban J connectivity index is 2.22. The Labute approximate surface area is 119 Å². The quantitative estimate of drug-likeness (QED) is 0.715. The van der Waals surface area contributed by atoms with Crippen molar-refractivity contribution in [3.05, 3.63) is 0 Å². The molecule has 2 fully saturated rings. The van der Waals surface area contributed by atoms with Crippen LogP contribution in [0.1, 0.15) is 39.5 Å². The molecule has 6 nitrogen and oxygen atoms in total. The lowest BCUT2D eigenvalue weighted by molar-refractivity contribution is -0.156. The van der Waals surface area contributed by atoms with E-state index in [1.165, 1.54) is 4.90 Å². The molecule has 0 aliphatic carbocycles. The highest BCUT2D eigenvalue weighted by Crippen LogP contribution is 2.34. The van der Waals surface area contributed by atoms with E-state index in [1.807, 2.05) is 0 Å². The third-order valence-corrected chi connectivity index (χ3v) is 4.34. The van der Waals surface area contributed by atoms with Gasteiger partial charge >= 0.3 is 0 Å². The molecule has 20 heavy (non-hydrogen) atoms. The number of nitrogens with zero attached hydrogens (tertiary/aromatic N) is 1. The lowest BCUT2D eigenvalue weighted by Gasteiger charge is -2.42. The van der Waals surface area contributed by atoms with Gasteiger partial charge in [-0.05, 0) is 32.7 Å². The van der Waals surface area contributed by atoms with Crippen molar-refractivity contribution in [1.82, 2.24) is 15.5 Å². The zero-order valence-corrected chi connectivity index (χ0v) is 12.2. The second kappa shape index (κ2) is 5.91. The van der Waals surface area contributed by atoms with Gasteiger partial charge in [-0.2, -0.15) is 0 Å². The van der Waals surface area contributed by atoms with Crippen LogP contribution < -0.4 is 10.6 Å². The van der Waals surface area contributed by atoms with Crippen LogP contribution in [-0.4, -0.2) is 48.3 Å². The van der Waals surface area contributed by atoms with Gasteiger partial charge in [-0.25, -0.2) is 0 Å². The van der Waals surface area contributed by atoms with Crippen molar-refractivity contribution < 1.29 is 14.4 Å². The summed E-state index contributed by atoms with van der Waals surface area (Å²) >= 11 is 0. The second-order valence-corrected chi connectivity index (χ2v) is 5.83. The van der Waals surface area contributed by atoms with Crippen LogP contribution in [0.25, 0.3) is 0 Å². The lowest BCUT2D eigenvalue weighted by atomic mass is 9.75. The molecule has 0 saturated carbocycles. The fraction of sp³-hybridized carbons (Fsp3) is 0.786. The Morgan fingerprint density at radius 2 is 2.20 bits per heavy atom. The summed E-state index contributed by atoms with van der Waals surface area (Å²) in [4.78, 5) is 37.6. The highest BCUT2D eigenvalue weighted by molar-refractivity contribution is 6.04. The summed E-state index contributed by atoms with van der Waals surface area (Å²) in [5, 5.41) is 5.56. The molecule has 0 bridgehead atoms. The van der Waals surface area contributed by atoms with Gasteiger partial charge in [0.2, 0.25) is 17.7 Å². The smallest absolute Gasteiger partial charge is 0.249 e. The number of hydrogen-bond acceptors (Lipinski definition) is 4. The van der Waals surface area contributed by atoms with Gasteiger partial charge in [0.15, 0.2) is 0 Å². The summed E-state index contributed by atoms with van der Waals surface area (Å²) in [6.45, 7) is 5.28. The Bertz CT molecular complexity index is 410. The molecule has 3 amide bonds. The molecule has 2 aliphatic heterocycles. The number of carbonyl (C=O) groups is 3. The molecule has 2 saturated heterocycles. The van der Waals surface area contributed by atoms with Crippen molar-refractivity contribution in [2.75, 3.05) is 19.6 Å². The van der Waals surface area contributed by atoms with E-state index < -0.39 is 17.4 Å². The fourth-order valence-electron chi connectivity index (χ4n) is 3.22. The third-order valence-electron chi connectivity index (χ3n) is 4.34. The standard InChI is InChI=1S/C14H23N3O3/c1-3-5-14(6-4-7-15-9-14)13(20)17-8-11(18)16-12(19)10(17)2/h10,15H,3-9H2,1-2H3,(H,16,18,19). The zero-order chi connectivity index (χ0) is 14.8. The maximum absolute atomic E-state index is 12.9. The largest absolute Gasteiger partial charge is 0.321 e. The van der Waals surface area contributed by atoms with Crippen LogP contribution >= 0.6 is 0 Å². The van der Waals surface area contributed by atoms with Gasteiger partial charge < -0.3 is 10.2 Å². The molecule has 0 aromatic carbocycles. The van der Waals surface area contributed by atoms with Gasteiger partial charge in [0.25, 0.3) is 0 Å². The van der Waals surface area contributed by atoms with Gasteiger partial charge in [-0.1, -0.05) is 13.3 Å². The number of hydrogen-bond donors (Lipinski definition) is 2. The molecule has 2 unspecified atom stereocenters. The Kier molecular flexibility index (Phi) is 4.42. The van der Waals surface area contributed by atoms with Gasteiger partial charge in [0.05, 0.1) is 5.41 Å². The van der Waals surface area contributed by atoms with Crippen LogP contribution in [0.5, 0.6) is 0 Å². The Morgan fingerprint density at radius 1 is 1.45 bits per heavy atom. The lowest BCUT2D eigenvalue weighted by Crippen LogP contribution is -2.63. The molecular formula is C14H23N3O3. The number of imide groups is 1. The zero-order valence-electron chi connectivity index (χ0n) is 12.2. The van der Waals surface area contributed by atoms with Crippen molar-refractivity contribution in [3.8, 4) is 0 Å². The first-order chi connectivity index (χ1) is 9.50.